The molecule has 0 aromatic carbocycles. The first kappa shape index (κ1) is 10.2. The van der Waals surface area contributed by atoms with Gasteiger partial charge in [0.1, 0.15) is 0 Å². The van der Waals surface area contributed by atoms with Gasteiger partial charge in [-0.05, 0) is 43.8 Å². The van der Waals surface area contributed by atoms with E-state index in [2.05, 4.69) is 29.3 Å². The number of nitrogens with zero attached hydrogens (tertiary/aromatic N) is 1. The van der Waals surface area contributed by atoms with Crippen LogP contribution in [-0.4, -0.2) is 18.0 Å². The van der Waals surface area contributed by atoms with E-state index in [0.29, 0.717) is 0 Å². The van der Waals surface area contributed by atoms with E-state index in [1.165, 1.54) is 38.8 Å². The van der Waals surface area contributed by atoms with Crippen molar-refractivity contribution in [1.82, 2.24) is 4.90 Å². The van der Waals surface area contributed by atoms with E-state index in [1.54, 1.807) is 4.88 Å². The van der Waals surface area contributed by atoms with Crippen LogP contribution in [0.3, 0.4) is 0 Å². The molecule has 1 aliphatic rings. The second kappa shape index (κ2) is 4.94. The molecule has 0 spiro atoms. The van der Waals surface area contributed by atoms with Crippen molar-refractivity contribution in [3.8, 4) is 0 Å². The van der Waals surface area contributed by atoms with Crippen LogP contribution in [0.25, 0.3) is 0 Å². The van der Waals surface area contributed by atoms with Gasteiger partial charge in [0, 0.05) is 10.9 Å². The smallest absolute Gasteiger partial charge is 0.0441 e. The highest BCUT2D eigenvalue weighted by Crippen LogP contribution is 2.33. The summed E-state index contributed by atoms with van der Waals surface area (Å²) in [6.07, 6.45) is 5.44. The highest BCUT2D eigenvalue weighted by molar-refractivity contribution is 7.10. The van der Waals surface area contributed by atoms with E-state index < -0.39 is 0 Å². The average molecular weight is 209 g/mol. The summed E-state index contributed by atoms with van der Waals surface area (Å²) in [6.45, 7) is 4.85. The van der Waals surface area contributed by atoms with E-state index in [1.807, 2.05) is 11.3 Å². The fraction of sp³-hybridized carbons (Fsp3) is 0.667. The molecule has 1 fully saturated rings. The minimum absolute atomic E-state index is 0.726. The minimum atomic E-state index is 0.726. The first-order valence-electron chi connectivity index (χ1n) is 5.69. The van der Waals surface area contributed by atoms with Crippen LogP contribution in [0.4, 0.5) is 0 Å². The van der Waals surface area contributed by atoms with Gasteiger partial charge in [-0.15, -0.1) is 11.3 Å². The lowest BCUT2D eigenvalue weighted by Crippen LogP contribution is -2.33. The second-order valence-electron chi connectivity index (χ2n) is 4.06. The zero-order chi connectivity index (χ0) is 9.80. The molecule has 78 valence electrons. The van der Waals surface area contributed by atoms with E-state index >= 15 is 0 Å². The molecular formula is C12H19NS. The molecule has 1 saturated heterocycles. The van der Waals surface area contributed by atoms with E-state index in [-0.39, 0.29) is 0 Å². The highest BCUT2D eigenvalue weighted by atomic mass is 32.1. The van der Waals surface area contributed by atoms with E-state index in [9.17, 15) is 0 Å². The van der Waals surface area contributed by atoms with Crippen molar-refractivity contribution in [2.45, 2.75) is 38.6 Å². The summed E-state index contributed by atoms with van der Waals surface area (Å²) in [5.74, 6) is 0. The molecule has 1 aromatic rings. The maximum absolute atomic E-state index is 2.66. The Bertz CT molecular complexity index is 253. The monoisotopic (exact) mass is 209 g/mol. The number of hydrogen-bond donors (Lipinski definition) is 0. The topological polar surface area (TPSA) is 3.24 Å². The average Bonchev–Trinajstić information content (AvgIpc) is 2.72. The summed E-state index contributed by atoms with van der Waals surface area (Å²) in [5.41, 5.74) is 0. The Hall–Kier alpha value is -0.340. The van der Waals surface area contributed by atoms with Crippen LogP contribution in [0.5, 0.6) is 0 Å². The number of piperidine rings is 1. The van der Waals surface area contributed by atoms with Gasteiger partial charge in [0.2, 0.25) is 0 Å². The first-order chi connectivity index (χ1) is 6.92. The van der Waals surface area contributed by atoms with Gasteiger partial charge in [-0.2, -0.15) is 0 Å². The zero-order valence-corrected chi connectivity index (χ0v) is 9.72. The molecule has 2 heteroatoms. The van der Waals surface area contributed by atoms with Gasteiger partial charge in [-0.3, -0.25) is 4.90 Å². The van der Waals surface area contributed by atoms with Crippen LogP contribution in [0.2, 0.25) is 0 Å². The number of rotatable bonds is 3. The molecule has 2 heterocycles. The van der Waals surface area contributed by atoms with Gasteiger partial charge >= 0.3 is 0 Å². The lowest BCUT2D eigenvalue weighted by atomic mass is 10.0. The largest absolute Gasteiger partial charge is 0.296 e. The number of hydrogen-bond acceptors (Lipinski definition) is 2. The van der Waals surface area contributed by atoms with Crippen molar-refractivity contribution in [3.63, 3.8) is 0 Å². The number of likely N-dealkylation sites (tertiary alicyclic amines) is 1. The normalized spacial score (nSPS) is 23.9. The van der Waals surface area contributed by atoms with Crippen LogP contribution < -0.4 is 0 Å². The fourth-order valence-electron chi connectivity index (χ4n) is 2.35. The molecule has 0 radical (unpaired) electrons. The lowest BCUT2D eigenvalue weighted by molar-refractivity contribution is 0.151. The summed E-state index contributed by atoms with van der Waals surface area (Å²) >= 11 is 1.92. The molecule has 0 amide bonds. The molecule has 0 bridgehead atoms. The lowest BCUT2D eigenvalue weighted by Gasteiger charge is -2.34. The van der Waals surface area contributed by atoms with Crippen LogP contribution in [0.15, 0.2) is 17.5 Å². The van der Waals surface area contributed by atoms with Gasteiger partial charge in [-0.25, -0.2) is 0 Å². The van der Waals surface area contributed by atoms with Crippen molar-refractivity contribution >= 4 is 11.3 Å². The van der Waals surface area contributed by atoms with Gasteiger partial charge < -0.3 is 0 Å². The summed E-state index contributed by atoms with van der Waals surface area (Å²) in [6, 6.07) is 5.20. The van der Waals surface area contributed by atoms with Gasteiger partial charge in [0.15, 0.2) is 0 Å². The Balaban J connectivity index is 2.06. The third-order valence-electron chi connectivity index (χ3n) is 3.00. The predicted octanol–water partition coefficient (Wildman–Crippen LogP) is 3.69. The first-order valence-corrected chi connectivity index (χ1v) is 6.57. The summed E-state index contributed by atoms with van der Waals surface area (Å²) in [7, 11) is 0. The zero-order valence-electron chi connectivity index (χ0n) is 8.91. The molecule has 1 aromatic heterocycles. The Kier molecular flexibility index (Phi) is 3.60. The van der Waals surface area contributed by atoms with E-state index in [0.717, 1.165) is 6.04 Å². The standard InChI is InChI=1S/C12H19NS/c1-2-8-13-9-4-3-6-11(13)12-7-5-10-14-12/h5,7,10-11H,2-4,6,8-9H2,1H3. The van der Waals surface area contributed by atoms with Crippen molar-refractivity contribution < 1.29 is 0 Å². The maximum Gasteiger partial charge on any atom is 0.0441 e. The van der Waals surface area contributed by atoms with Gasteiger partial charge in [-0.1, -0.05) is 19.4 Å². The Labute approximate surface area is 90.7 Å². The van der Waals surface area contributed by atoms with Crippen molar-refractivity contribution in [2.75, 3.05) is 13.1 Å². The van der Waals surface area contributed by atoms with E-state index in [4.69, 9.17) is 0 Å². The summed E-state index contributed by atoms with van der Waals surface area (Å²) in [5, 5.41) is 2.20. The van der Waals surface area contributed by atoms with Crippen LogP contribution in [0.1, 0.15) is 43.5 Å². The van der Waals surface area contributed by atoms with Crippen molar-refractivity contribution in [1.29, 1.82) is 0 Å². The van der Waals surface area contributed by atoms with Crippen molar-refractivity contribution in [3.05, 3.63) is 22.4 Å². The predicted molar refractivity (Wildman–Crippen MR) is 62.8 cm³/mol. The Morgan fingerprint density at radius 1 is 1.50 bits per heavy atom. The molecular weight excluding hydrogens is 190 g/mol. The minimum Gasteiger partial charge on any atom is -0.296 e. The Morgan fingerprint density at radius 2 is 2.43 bits per heavy atom. The highest BCUT2D eigenvalue weighted by Gasteiger charge is 2.23. The van der Waals surface area contributed by atoms with Crippen molar-refractivity contribution in [2.24, 2.45) is 0 Å². The maximum atomic E-state index is 2.66. The number of thiophene rings is 1. The molecule has 2 rings (SSSR count). The fourth-order valence-corrected chi connectivity index (χ4v) is 3.24. The third kappa shape index (κ3) is 2.18. The summed E-state index contributed by atoms with van der Waals surface area (Å²) < 4.78 is 0. The summed E-state index contributed by atoms with van der Waals surface area (Å²) in [4.78, 5) is 4.23. The molecule has 0 aliphatic carbocycles. The quantitative estimate of drug-likeness (QED) is 0.734. The second-order valence-corrected chi connectivity index (χ2v) is 5.04. The van der Waals surface area contributed by atoms with Gasteiger partial charge in [0.05, 0.1) is 0 Å². The van der Waals surface area contributed by atoms with Crippen LogP contribution in [0, 0.1) is 0 Å². The Morgan fingerprint density at radius 3 is 3.14 bits per heavy atom. The van der Waals surface area contributed by atoms with Crippen LogP contribution in [-0.2, 0) is 0 Å². The SMILES string of the molecule is CCCN1CCCCC1c1cccs1. The third-order valence-corrected chi connectivity index (χ3v) is 3.97. The van der Waals surface area contributed by atoms with Gasteiger partial charge in [0.25, 0.3) is 0 Å². The molecule has 1 unspecified atom stereocenters. The molecule has 0 saturated carbocycles. The molecule has 1 atom stereocenters. The molecule has 0 N–H and O–H groups in total. The van der Waals surface area contributed by atoms with Crippen LogP contribution >= 0.6 is 11.3 Å². The molecule has 1 nitrogen and oxygen atoms in total. The molecule has 1 aliphatic heterocycles. The molecule has 14 heavy (non-hydrogen) atoms.